The predicted octanol–water partition coefficient (Wildman–Crippen LogP) is 4.50. The van der Waals surface area contributed by atoms with Gasteiger partial charge in [0.2, 0.25) is 0 Å². The third-order valence-electron chi connectivity index (χ3n) is 12.7. The first-order valence-electron chi connectivity index (χ1n) is 23.2. The molecule has 3 amide bonds. The number of rotatable bonds is 12. The van der Waals surface area contributed by atoms with E-state index in [0.717, 1.165) is 81.6 Å². The van der Waals surface area contributed by atoms with Crippen molar-refractivity contribution in [3.8, 4) is 11.3 Å². The molecule has 4 saturated carbocycles. The van der Waals surface area contributed by atoms with Gasteiger partial charge in [-0.2, -0.15) is 26.7 Å². The van der Waals surface area contributed by atoms with Crippen LogP contribution in [-0.2, 0) is 53.3 Å². The van der Waals surface area contributed by atoms with Crippen LogP contribution in [0.15, 0.2) is 24.3 Å². The Morgan fingerprint density at radius 1 is 0.806 bits per heavy atom. The number of carboxylic acid groups (broad SMARTS) is 2. The van der Waals surface area contributed by atoms with E-state index in [1.165, 1.54) is 6.42 Å². The molecule has 1 aromatic heterocycles. The average Bonchev–Trinajstić information content (AvgIpc) is 3.61. The molecule has 72 heavy (non-hydrogen) atoms. The van der Waals surface area contributed by atoms with Crippen molar-refractivity contribution in [2.24, 2.45) is 47.2 Å². The Labute approximate surface area is 450 Å². The van der Waals surface area contributed by atoms with Crippen LogP contribution in [0.5, 0.6) is 0 Å². The summed E-state index contributed by atoms with van der Waals surface area (Å²) in [6, 6.07) is 7.34. The summed E-state index contributed by atoms with van der Waals surface area (Å²) in [5.41, 5.74) is 7.95. The van der Waals surface area contributed by atoms with Crippen molar-refractivity contribution >= 4 is 59.0 Å². The minimum absolute atomic E-state index is 0. The number of nitrogens with one attached hydrogen (secondary N) is 1. The van der Waals surface area contributed by atoms with Gasteiger partial charge >= 0.3 is 77.2 Å². The number of aliphatic carboxylic acids is 2. The van der Waals surface area contributed by atoms with Gasteiger partial charge in [0.25, 0.3) is 5.91 Å². The van der Waals surface area contributed by atoms with E-state index in [2.05, 4.69) is 31.2 Å². The largest absolute Gasteiger partial charge is 1.00 e. The second-order valence-corrected chi connectivity index (χ2v) is 18.0. The zero-order valence-electron chi connectivity index (χ0n) is 41.2. The first-order valence-corrected chi connectivity index (χ1v) is 24.2. The number of hydrogen-bond donors (Lipinski definition) is 5. The molecule has 7 N–H and O–H groups in total. The zero-order chi connectivity index (χ0) is 52.0. The van der Waals surface area contributed by atoms with Crippen molar-refractivity contribution in [2.45, 2.75) is 138 Å². The normalized spacial score (nSPS) is 22.6. The Hall–Kier alpha value is -4.13. The molecule has 0 unspecified atom stereocenters. The Morgan fingerprint density at radius 2 is 1.25 bits per heavy atom. The first kappa shape index (κ1) is 69.9. The summed E-state index contributed by atoms with van der Waals surface area (Å²) in [6.07, 6.45) is 6.02. The van der Waals surface area contributed by atoms with E-state index >= 15 is 0 Å². The molecular formula is C47H72ClF3N5NaO14S. The molecule has 0 saturated heterocycles. The van der Waals surface area contributed by atoms with E-state index in [1.807, 2.05) is 19.1 Å². The molecule has 25 heteroatoms. The zero-order valence-corrected chi connectivity index (χ0v) is 44.7. The fourth-order valence-corrected chi connectivity index (χ4v) is 8.36. The monoisotopic (exact) mass is 1080 g/mol. The molecule has 0 radical (unpaired) electrons. The number of amides is 3. The number of primary amides is 1. The maximum Gasteiger partial charge on any atom is 1.00 e. The van der Waals surface area contributed by atoms with Crippen LogP contribution in [0.2, 0.25) is 5.02 Å². The summed E-state index contributed by atoms with van der Waals surface area (Å²) in [6.45, 7) is 12.7. The van der Waals surface area contributed by atoms with Gasteiger partial charge in [0.1, 0.15) is 5.69 Å². The van der Waals surface area contributed by atoms with Crippen molar-refractivity contribution in [2.75, 3.05) is 26.4 Å². The van der Waals surface area contributed by atoms with Crippen LogP contribution in [0, 0.1) is 41.4 Å². The van der Waals surface area contributed by atoms with Gasteiger partial charge in [-0.15, -0.1) is 0 Å². The second-order valence-electron chi connectivity index (χ2n) is 17.4. The van der Waals surface area contributed by atoms with Crippen LogP contribution in [0.3, 0.4) is 0 Å². The van der Waals surface area contributed by atoms with Gasteiger partial charge in [-0.05, 0) is 101 Å². The van der Waals surface area contributed by atoms with E-state index in [4.69, 9.17) is 55.3 Å². The number of benzene rings is 1. The second kappa shape index (κ2) is 35.1. The molecule has 7 rings (SSSR count). The smallest absolute Gasteiger partial charge is 0.870 e. The van der Waals surface area contributed by atoms with E-state index in [9.17, 15) is 37.1 Å². The van der Waals surface area contributed by atoms with Gasteiger partial charge in [-0.25, -0.2) is 9.59 Å². The fraction of sp³-hybridized carbons (Fsp3) is 0.681. The minimum Gasteiger partial charge on any atom is -0.870 e. The van der Waals surface area contributed by atoms with E-state index in [-0.39, 0.29) is 90.8 Å². The summed E-state index contributed by atoms with van der Waals surface area (Å²) in [5.74, 6) is -1.21. The maximum absolute atomic E-state index is 12.7. The number of carbonyl (C=O) groups is 6. The van der Waals surface area contributed by atoms with Crippen molar-refractivity contribution in [1.82, 2.24) is 20.0 Å². The molecule has 404 valence electrons. The molecule has 4 aliphatic carbocycles. The van der Waals surface area contributed by atoms with Gasteiger partial charge in [0.05, 0.1) is 55.3 Å². The molecular weight excluding hydrogens is 1010 g/mol. The average molecular weight is 1080 g/mol. The van der Waals surface area contributed by atoms with E-state index in [0.29, 0.717) is 66.7 Å². The number of nitrogens with zero attached hydrogens (tertiary/aromatic N) is 3. The van der Waals surface area contributed by atoms with Gasteiger partial charge < -0.3 is 46.2 Å². The molecule has 0 spiro atoms. The van der Waals surface area contributed by atoms with E-state index < -0.39 is 35.6 Å². The Balaban J connectivity index is 0. The number of urea groups is 1. The number of fused-ring (bicyclic) bond motifs is 1. The third-order valence-corrected chi connectivity index (χ3v) is 12.9. The van der Waals surface area contributed by atoms with Gasteiger partial charge in [-0.1, -0.05) is 71.2 Å². The van der Waals surface area contributed by atoms with Gasteiger partial charge in [-0.3, -0.25) is 23.9 Å². The number of ether oxygens (including phenoxy) is 2. The Morgan fingerprint density at radius 3 is 1.64 bits per heavy atom. The topological polar surface area (TPSA) is 305 Å². The van der Waals surface area contributed by atoms with Crippen molar-refractivity contribution in [1.29, 1.82) is 0 Å². The number of alkyl halides is 3. The number of esters is 2. The molecule has 1 aliphatic heterocycles. The standard InChI is InChI=1S/C20H24ClN5O2.C9H16O2.C8H14O3.C7H12O2.C2HF3O2.CH4.Na.O2S.H2O/c1-2-12-8-15(9-12)23-20(28)25-6-7-26-16(11-25)17(19(22)27)18(24-26)13-4-3-5-14(21)10-13;1-3-7-5-8(6-7)9(10)11-4-2;1-2-11-8(10)7-3-6(4-7)5-9;1-2-5-3-6(4-5)7(8)9;3-2(4,5)1(6)7;;;1-3-2;/h3-5,10,12,15H,2,6-9,11H2,1H3,(H2,22,27)(H,23,28);7-8H,3-6H2,1-2H3;6-7,9H,2-5H2,1H3;5-6H,2-4H2,1H3,(H,8,9);(H,6,7);1H4;;;1H2/q;;;;;;+1;;/p-1. The number of nitrogens with two attached hydrogens (primary N) is 1. The van der Waals surface area contributed by atoms with Crippen LogP contribution in [0.4, 0.5) is 18.0 Å². The summed E-state index contributed by atoms with van der Waals surface area (Å²) < 4.78 is 59.8. The fourth-order valence-electron chi connectivity index (χ4n) is 8.17. The predicted molar refractivity (Wildman–Crippen MR) is 255 cm³/mol. The number of aliphatic hydroxyl groups excluding tert-OH is 1. The summed E-state index contributed by atoms with van der Waals surface area (Å²) in [7, 11) is 0. The van der Waals surface area contributed by atoms with Crippen LogP contribution in [0.25, 0.3) is 11.3 Å². The maximum atomic E-state index is 12.7. The molecule has 19 nitrogen and oxygen atoms in total. The van der Waals surface area contributed by atoms with Crippen molar-refractivity contribution in [3.05, 3.63) is 40.5 Å². The molecule has 2 aromatic rings. The third kappa shape index (κ3) is 22.6. The SMILES string of the molecule is C.CCC1CC(C(=O)O)C1.CCC1CC(NC(=O)N2CCn3nc(-c4cccc(Cl)c4)c(C(N)=O)c3C2)C1.CCOC(=O)C1CC(CC)C1.CCOC(=O)C1CC(CO)C1.O=C(O)C(F)(F)F.O=S=O.[Na+].[OH-]. The van der Waals surface area contributed by atoms with E-state index in [1.54, 1.807) is 28.6 Å². The number of halogens is 4. The number of carbonyl (C=O) groups excluding carboxylic acids is 4. The Kier molecular flexibility index (Phi) is 34.1. The quantitative estimate of drug-likeness (QED) is 0.144. The molecule has 4 fully saturated rings. The number of aliphatic hydroxyl groups is 1. The van der Waals surface area contributed by atoms with Crippen LogP contribution in [-0.4, -0.2) is 118 Å². The first-order chi connectivity index (χ1) is 32.6. The van der Waals surface area contributed by atoms with Crippen molar-refractivity contribution < 1.29 is 110 Å². The minimum atomic E-state index is -5.08. The summed E-state index contributed by atoms with van der Waals surface area (Å²) in [5, 5.41) is 32.5. The van der Waals surface area contributed by atoms with Crippen LogP contribution < -0.4 is 40.6 Å². The molecule has 2 heterocycles. The number of hydrogen-bond acceptors (Lipinski definition) is 13. The number of carboxylic acids is 2. The summed E-state index contributed by atoms with van der Waals surface area (Å²) in [4.78, 5) is 67.8. The Bertz CT molecular complexity index is 2010. The van der Waals surface area contributed by atoms with Crippen LogP contribution >= 0.6 is 11.6 Å². The van der Waals surface area contributed by atoms with Crippen LogP contribution in [0.1, 0.15) is 129 Å². The van der Waals surface area contributed by atoms with Gasteiger partial charge in [0.15, 0.2) is 0 Å². The molecule has 1 aromatic carbocycles. The molecule has 0 atom stereocenters. The number of aromatic nitrogens is 2. The molecule has 0 bridgehead atoms. The summed E-state index contributed by atoms with van der Waals surface area (Å²) >= 11 is 5.34. The van der Waals surface area contributed by atoms with Gasteiger partial charge in [0, 0.05) is 29.8 Å². The van der Waals surface area contributed by atoms with Crippen molar-refractivity contribution in [3.63, 3.8) is 0 Å². The molecule has 5 aliphatic rings.